The van der Waals surface area contributed by atoms with Gasteiger partial charge in [-0.2, -0.15) is 0 Å². The topological polar surface area (TPSA) is 66.4 Å². The smallest absolute Gasteiger partial charge is 0.329 e. The number of nitrogens with one attached hydrogen (secondary N) is 1. The van der Waals surface area contributed by atoms with Gasteiger partial charge in [0.2, 0.25) is 0 Å². The fourth-order valence-electron chi connectivity index (χ4n) is 2.46. The van der Waals surface area contributed by atoms with Crippen LogP contribution in [0.1, 0.15) is 47.8 Å². The highest BCUT2D eigenvalue weighted by molar-refractivity contribution is 7.12. The molecule has 1 fully saturated rings. The van der Waals surface area contributed by atoms with E-state index in [1.165, 1.54) is 11.3 Å². The summed E-state index contributed by atoms with van der Waals surface area (Å²) >= 11 is 1.37. The minimum absolute atomic E-state index is 0.244. The highest BCUT2D eigenvalue weighted by Gasteiger charge is 2.43. The van der Waals surface area contributed by atoms with Gasteiger partial charge in [0.25, 0.3) is 5.91 Å². The van der Waals surface area contributed by atoms with Crippen LogP contribution in [0.25, 0.3) is 0 Å². The average molecular weight is 267 g/mol. The second-order valence-electron chi connectivity index (χ2n) is 4.68. The van der Waals surface area contributed by atoms with Gasteiger partial charge in [-0.25, -0.2) is 4.79 Å². The van der Waals surface area contributed by atoms with Crippen molar-refractivity contribution >= 4 is 23.2 Å². The Bertz CT molecular complexity index is 461. The number of amides is 1. The summed E-state index contributed by atoms with van der Waals surface area (Å²) in [5.74, 6) is -1.16. The van der Waals surface area contributed by atoms with Crippen molar-refractivity contribution < 1.29 is 14.7 Å². The molecule has 5 heteroatoms. The summed E-state index contributed by atoms with van der Waals surface area (Å²) in [6.45, 7) is 1.99. The van der Waals surface area contributed by atoms with Crippen molar-refractivity contribution in [1.29, 1.82) is 0 Å². The van der Waals surface area contributed by atoms with Gasteiger partial charge >= 0.3 is 5.97 Å². The standard InChI is InChI=1S/C13H17NO3S/c1-2-9-5-8-18-10(9)11(15)14-13(12(16)17)6-3-4-7-13/h5,8H,2-4,6-7H2,1H3,(H,14,15)(H,16,17). The maximum Gasteiger partial charge on any atom is 0.329 e. The van der Waals surface area contributed by atoms with Crippen LogP contribution in [-0.2, 0) is 11.2 Å². The van der Waals surface area contributed by atoms with Crippen LogP contribution in [0.3, 0.4) is 0 Å². The van der Waals surface area contributed by atoms with Gasteiger partial charge in [-0.1, -0.05) is 19.8 Å². The van der Waals surface area contributed by atoms with E-state index in [4.69, 9.17) is 0 Å². The minimum Gasteiger partial charge on any atom is -0.480 e. The van der Waals surface area contributed by atoms with E-state index in [0.717, 1.165) is 24.8 Å². The molecule has 0 spiro atoms. The SMILES string of the molecule is CCc1ccsc1C(=O)NC1(C(=O)O)CCCC1. The quantitative estimate of drug-likeness (QED) is 0.880. The zero-order chi connectivity index (χ0) is 13.2. The van der Waals surface area contributed by atoms with Gasteiger partial charge in [-0.15, -0.1) is 11.3 Å². The van der Waals surface area contributed by atoms with Crippen molar-refractivity contribution in [3.63, 3.8) is 0 Å². The number of carboxylic acid groups (broad SMARTS) is 1. The van der Waals surface area contributed by atoms with Gasteiger partial charge in [0.05, 0.1) is 4.88 Å². The number of carboxylic acids is 1. The highest BCUT2D eigenvalue weighted by Crippen LogP contribution is 2.31. The molecule has 0 atom stereocenters. The van der Waals surface area contributed by atoms with Crippen LogP contribution in [0.5, 0.6) is 0 Å². The number of aliphatic carboxylic acids is 1. The Morgan fingerprint density at radius 2 is 2.11 bits per heavy atom. The van der Waals surface area contributed by atoms with Gasteiger partial charge in [-0.3, -0.25) is 4.79 Å². The Morgan fingerprint density at radius 1 is 1.44 bits per heavy atom. The van der Waals surface area contributed by atoms with Crippen molar-refractivity contribution in [1.82, 2.24) is 5.32 Å². The van der Waals surface area contributed by atoms with Crippen LogP contribution in [0.15, 0.2) is 11.4 Å². The van der Waals surface area contributed by atoms with Crippen molar-refractivity contribution in [3.8, 4) is 0 Å². The molecule has 0 radical (unpaired) electrons. The molecule has 4 nitrogen and oxygen atoms in total. The first-order valence-corrected chi connectivity index (χ1v) is 7.09. The summed E-state index contributed by atoms with van der Waals surface area (Å²) < 4.78 is 0. The minimum atomic E-state index is -1.05. The molecule has 1 aliphatic carbocycles. The van der Waals surface area contributed by atoms with Crippen LogP contribution in [0.4, 0.5) is 0 Å². The Hall–Kier alpha value is -1.36. The van der Waals surface area contributed by atoms with E-state index in [1.807, 2.05) is 18.4 Å². The lowest BCUT2D eigenvalue weighted by molar-refractivity contribution is -0.144. The highest BCUT2D eigenvalue weighted by atomic mass is 32.1. The van der Waals surface area contributed by atoms with Crippen LogP contribution < -0.4 is 5.32 Å². The first-order valence-electron chi connectivity index (χ1n) is 6.21. The molecular formula is C13H17NO3S. The third-order valence-electron chi connectivity index (χ3n) is 3.55. The van der Waals surface area contributed by atoms with E-state index in [-0.39, 0.29) is 5.91 Å². The Labute approximate surface area is 110 Å². The van der Waals surface area contributed by atoms with Crippen LogP contribution in [0.2, 0.25) is 0 Å². The second-order valence-corrected chi connectivity index (χ2v) is 5.59. The van der Waals surface area contributed by atoms with Gasteiger partial charge < -0.3 is 10.4 Å². The normalized spacial score (nSPS) is 17.6. The largest absolute Gasteiger partial charge is 0.480 e. The van der Waals surface area contributed by atoms with E-state index in [9.17, 15) is 14.7 Å². The Morgan fingerprint density at radius 3 is 2.67 bits per heavy atom. The zero-order valence-corrected chi connectivity index (χ0v) is 11.2. The molecule has 1 aliphatic rings. The number of aryl methyl sites for hydroxylation is 1. The summed E-state index contributed by atoms with van der Waals surface area (Å²) in [6, 6.07) is 1.92. The lowest BCUT2D eigenvalue weighted by atomic mass is 9.97. The molecule has 98 valence electrons. The number of rotatable bonds is 4. The third kappa shape index (κ3) is 2.27. The second kappa shape index (κ2) is 5.10. The molecule has 0 unspecified atom stereocenters. The lowest BCUT2D eigenvalue weighted by Crippen LogP contribution is -2.52. The maximum absolute atomic E-state index is 12.2. The molecule has 1 saturated carbocycles. The van der Waals surface area contributed by atoms with E-state index in [0.29, 0.717) is 17.7 Å². The molecule has 1 aromatic heterocycles. The Balaban J connectivity index is 2.18. The number of thiophene rings is 1. The van der Waals surface area contributed by atoms with E-state index in [2.05, 4.69) is 5.32 Å². The summed E-state index contributed by atoms with van der Waals surface area (Å²) in [6.07, 6.45) is 3.56. The van der Waals surface area contributed by atoms with Gasteiger partial charge in [-0.05, 0) is 36.3 Å². The molecule has 0 saturated heterocycles. The molecule has 2 N–H and O–H groups in total. The van der Waals surface area contributed by atoms with Crippen LogP contribution >= 0.6 is 11.3 Å². The average Bonchev–Trinajstić information content (AvgIpc) is 2.97. The van der Waals surface area contributed by atoms with Crippen LogP contribution in [-0.4, -0.2) is 22.5 Å². The molecule has 0 aromatic carbocycles. The zero-order valence-electron chi connectivity index (χ0n) is 10.4. The summed E-state index contributed by atoms with van der Waals surface area (Å²) in [7, 11) is 0. The molecule has 2 rings (SSSR count). The number of carbonyl (C=O) groups is 2. The van der Waals surface area contributed by atoms with Gasteiger partial charge in [0, 0.05) is 0 Å². The van der Waals surface area contributed by atoms with Gasteiger partial charge in [0.15, 0.2) is 0 Å². The van der Waals surface area contributed by atoms with E-state index < -0.39 is 11.5 Å². The van der Waals surface area contributed by atoms with Crippen molar-refractivity contribution in [2.24, 2.45) is 0 Å². The van der Waals surface area contributed by atoms with Crippen LogP contribution in [0, 0.1) is 0 Å². The van der Waals surface area contributed by atoms with Crippen molar-refractivity contribution in [2.75, 3.05) is 0 Å². The fraction of sp³-hybridized carbons (Fsp3) is 0.538. The first kappa shape index (κ1) is 13.1. The van der Waals surface area contributed by atoms with Crippen molar-refractivity contribution in [3.05, 3.63) is 21.9 Å². The predicted molar refractivity (Wildman–Crippen MR) is 70.0 cm³/mol. The molecule has 18 heavy (non-hydrogen) atoms. The first-order chi connectivity index (χ1) is 8.59. The van der Waals surface area contributed by atoms with Crippen molar-refractivity contribution in [2.45, 2.75) is 44.6 Å². The number of hydrogen-bond donors (Lipinski definition) is 2. The molecule has 0 bridgehead atoms. The predicted octanol–water partition coefficient (Wildman–Crippen LogP) is 2.44. The summed E-state index contributed by atoms with van der Waals surface area (Å²) in [4.78, 5) is 24.2. The number of carbonyl (C=O) groups excluding carboxylic acids is 1. The third-order valence-corrected chi connectivity index (χ3v) is 4.51. The lowest BCUT2D eigenvalue weighted by Gasteiger charge is -2.25. The monoisotopic (exact) mass is 267 g/mol. The molecule has 0 aliphatic heterocycles. The Kier molecular flexibility index (Phi) is 3.71. The van der Waals surface area contributed by atoms with Gasteiger partial charge in [0.1, 0.15) is 5.54 Å². The maximum atomic E-state index is 12.2. The van der Waals surface area contributed by atoms with E-state index in [1.54, 1.807) is 0 Å². The molecule has 1 aromatic rings. The molecule has 1 amide bonds. The summed E-state index contributed by atoms with van der Waals surface area (Å²) in [5, 5.41) is 13.9. The summed E-state index contributed by atoms with van der Waals surface area (Å²) in [5.41, 5.74) is -0.0671. The van der Waals surface area contributed by atoms with E-state index >= 15 is 0 Å². The number of hydrogen-bond acceptors (Lipinski definition) is 3. The molecular weight excluding hydrogens is 250 g/mol. The molecule has 1 heterocycles. The fourth-order valence-corrected chi connectivity index (χ4v) is 3.35.